The van der Waals surface area contributed by atoms with Gasteiger partial charge in [-0.15, -0.1) is 23.5 Å². The van der Waals surface area contributed by atoms with Gasteiger partial charge in [0.05, 0.1) is 4.75 Å². The number of carboxylic acids is 1. The van der Waals surface area contributed by atoms with E-state index in [1.807, 2.05) is 12.1 Å². The summed E-state index contributed by atoms with van der Waals surface area (Å²) in [5.74, 6) is -1.29. The zero-order valence-corrected chi connectivity index (χ0v) is 25.9. The van der Waals surface area contributed by atoms with Crippen LogP contribution in [0.15, 0.2) is 51.6 Å². The molecule has 3 aliphatic heterocycles. The van der Waals surface area contributed by atoms with Crippen molar-refractivity contribution in [2.75, 3.05) is 12.3 Å². The fourth-order valence-electron chi connectivity index (χ4n) is 4.86. The summed E-state index contributed by atoms with van der Waals surface area (Å²) in [5, 5.41) is 15.9. The molecule has 0 spiro atoms. The summed E-state index contributed by atoms with van der Waals surface area (Å²) in [6, 6.07) is 6.36. The minimum atomic E-state index is -1.19. The Hall–Kier alpha value is -1.43. The number of carbonyl (C=O) groups excluding carboxylic acids is 3. The van der Waals surface area contributed by atoms with Crippen LogP contribution in [0.25, 0.3) is 0 Å². The van der Waals surface area contributed by atoms with Crippen LogP contribution in [0, 0.1) is 5.92 Å². The fraction of sp³-hybridized carbons (Fsp3) is 0.462. The Bertz CT molecular complexity index is 1250. The second kappa shape index (κ2) is 11.6. The molecule has 3 fully saturated rings. The molecule has 0 bridgehead atoms. The van der Waals surface area contributed by atoms with E-state index in [4.69, 9.17) is 11.6 Å². The van der Waals surface area contributed by atoms with Gasteiger partial charge in [0, 0.05) is 27.8 Å². The number of aliphatic carboxylic acids is 1. The molecular weight excluding hydrogens is 557 g/mol. The summed E-state index contributed by atoms with van der Waals surface area (Å²) in [6.45, 7) is 4.09. The van der Waals surface area contributed by atoms with E-state index in [2.05, 4.69) is 10.6 Å². The number of nitrogens with one attached hydrogen (secondary N) is 2. The maximum atomic E-state index is 13.2. The molecule has 1 aromatic rings. The van der Waals surface area contributed by atoms with E-state index in [0.717, 1.165) is 23.3 Å². The Morgan fingerprint density at radius 2 is 1.95 bits per heavy atom. The third-order valence-corrected chi connectivity index (χ3v) is 9.78. The molecule has 38 heavy (non-hydrogen) atoms. The molecule has 0 unspecified atom stereocenters. The molecule has 1 aliphatic carbocycles. The predicted molar refractivity (Wildman–Crippen MR) is 144 cm³/mol. The van der Waals surface area contributed by atoms with Crippen molar-refractivity contribution in [3.05, 3.63) is 51.7 Å². The predicted octanol–water partition coefficient (Wildman–Crippen LogP) is 0.682. The molecule has 3 heterocycles. The molecule has 198 valence electrons. The zero-order valence-electron chi connectivity index (χ0n) is 22.5. The number of nitrogens with zero attached hydrogens (tertiary/aromatic N) is 1. The van der Waals surface area contributed by atoms with Gasteiger partial charge in [0.1, 0.15) is 17.1 Å². The number of hydrogen-bond acceptors (Lipinski definition) is 6. The smallest absolute Gasteiger partial charge is 1.00 e. The Morgan fingerprint density at radius 1 is 1.26 bits per heavy atom. The van der Waals surface area contributed by atoms with Crippen molar-refractivity contribution in [2.45, 2.75) is 60.6 Å². The molecule has 1 saturated carbocycles. The zero-order chi connectivity index (χ0) is 26.5. The Balaban J connectivity index is 0.00000210. The number of thioether (sulfide) groups is 2. The maximum absolute atomic E-state index is 13.2. The summed E-state index contributed by atoms with van der Waals surface area (Å²) >= 11 is 8.74. The van der Waals surface area contributed by atoms with E-state index in [1.165, 1.54) is 28.4 Å². The molecule has 12 heteroatoms. The SMILES string of the molecule is CC(C)(Sc1ccc(Cl)cc1)C(=O)N[C@@H]1C(=O)N2C(C(=O)O)=C(C(CC3CC3)=C3CCNC3=O)CS[C@H]12.[H-].[Na+]. The van der Waals surface area contributed by atoms with E-state index < -0.39 is 28.0 Å². The topological polar surface area (TPSA) is 116 Å². The number of allylic oxidation sites excluding steroid dienone is 1. The van der Waals surface area contributed by atoms with Gasteiger partial charge in [0.2, 0.25) is 11.8 Å². The Labute approximate surface area is 258 Å². The number of hydrogen-bond donors (Lipinski definition) is 3. The first-order chi connectivity index (χ1) is 17.6. The molecule has 2 atom stereocenters. The Kier molecular flexibility index (Phi) is 9.01. The molecule has 3 N–H and O–H groups in total. The van der Waals surface area contributed by atoms with Gasteiger partial charge in [-0.1, -0.05) is 11.6 Å². The second-order valence-corrected chi connectivity index (χ2v) is 13.4. The summed E-state index contributed by atoms with van der Waals surface area (Å²) in [4.78, 5) is 53.5. The van der Waals surface area contributed by atoms with Crippen LogP contribution in [0.1, 0.15) is 41.0 Å². The quantitative estimate of drug-likeness (QED) is 0.178. The molecule has 4 aliphatic rings. The summed E-state index contributed by atoms with van der Waals surface area (Å²) in [6.07, 6.45) is 3.33. The third-order valence-electron chi connectivity index (χ3n) is 7.04. The Morgan fingerprint density at radius 3 is 2.53 bits per heavy atom. The number of carbonyl (C=O) groups is 4. The van der Waals surface area contributed by atoms with Crippen molar-refractivity contribution in [1.82, 2.24) is 15.5 Å². The van der Waals surface area contributed by atoms with Crippen LogP contribution in [0.3, 0.4) is 0 Å². The number of benzene rings is 1. The van der Waals surface area contributed by atoms with Gasteiger partial charge >= 0.3 is 35.5 Å². The van der Waals surface area contributed by atoms with E-state index >= 15 is 0 Å². The fourth-order valence-corrected chi connectivity index (χ4v) is 7.38. The van der Waals surface area contributed by atoms with Crippen molar-refractivity contribution in [3.63, 3.8) is 0 Å². The third kappa shape index (κ3) is 5.86. The van der Waals surface area contributed by atoms with Crippen LogP contribution in [0.5, 0.6) is 0 Å². The van der Waals surface area contributed by atoms with Gasteiger partial charge < -0.3 is 17.2 Å². The molecule has 1 aromatic carbocycles. The summed E-state index contributed by atoms with van der Waals surface area (Å²) in [5.41, 5.74) is 1.92. The van der Waals surface area contributed by atoms with Crippen molar-refractivity contribution in [1.29, 1.82) is 0 Å². The molecule has 3 amide bonds. The first kappa shape index (κ1) is 29.6. The van der Waals surface area contributed by atoms with E-state index in [0.29, 0.717) is 47.2 Å². The number of carboxylic acid groups (broad SMARTS) is 1. The van der Waals surface area contributed by atoms with Gasteiger partial charge in [0.15, 0.2) is 0 Å². The van der Waals surface area contributed by atoms with Crippen molar-refractivity contribution in [2.24, 2.45) is 5.92 Å². The van der Waals surface area contributed by atoms with Gasteiger partial charge in [-0.2, -0.15) is 0 Å². The van der Waals surface area contributed by atoms with E-state index in [-0.39, 0.29) is 48.5 Å². The largest absolute Gasteiger partial charge is 1.00 e. The minimum absolute atomic E-state index is 0. The van der Waals surface area contributed by atoms with Gasteiger partial charge in [0.25, 0.3) is 5.91 Å². The number of rotatable bonds is 8. The van der Waals surface area contributed by atoms with Crippen molar-refractivity contribution >= 4 is 58.8 Å². The van der Waals surface area contributed by atoms with Crippen LogP contribution >= 0.6 is 35.1 Å². The van der Waals surface area contributed by atoms with Gasteiger partial charge in [-0.3, -0.25) is 19.3 Å². The molecule has 8 nitrogen and oxygen atoms in total. The average Bonchev–Trinajstić information content (AvgIpc) is 3.58. The average molecular weight is 586 g/mol. The van der Waals surface area contributed by atoms with Crippen LogP contribution in [0.4, 0.5) is 0 Å². The van der Waals surface area contributed by atoms with Crippen molar-refractivity contribution in [3.8, 4) is 0 Å². The molecular formula is C26H29ClN3NaO5S2. The molecule has 0 aromatic heterocycles. The molecule has 2 saturated heterocycles. The van der Waals surface area contributed by atoms with E-state index in [1.54, 1.807) is 26.0 Å². The van der Waals surface area contributed by atoms with Crippen LogP contribution in [-0.4, -0.2) is 62.2 Å². The van der Waals surface area contributed by atoms with Crippen LogP contribution in [0.2, 0.25) is 5.02 Å². The first-order valence-electron chi connectivity index (χ1n) is 12.2. The molecule has 0 radical (unpaired) electrons. The number of β-lactam (4-membered cyclic amide) rings is 1. The van der Waals surface area contributed by atoms with E-state index in [9.17, 15) is 24.3 Å². The molecule has 5 rings (SSSR count). The van der Waals surface area contributed by atoms with Gasteiger partial charge in [-0.25, -0.2) is 4.79 Å². The summed E-state index contributed by atoms with van der Waals surface area (Å²) < 4.78 is -0.873. The first-order valence-corrected chi connectivity index (χ1v) is 14.5. The number of halogens is 1. The number of fused-ring (bicyclic) bond motifs is 1. The number of amides is 3. The normalized spacial score (nSPS) is 24.2. The maximum Gasteiger partial charge on any atom is 1.00 e. The van der Waals surface area contributed by atoms with Crippen LogP contribution in [-0.2, 0) is 19.2 Å². The van der Waals surface area contributed by atoms with Crippen LogP contribution < -0.4 is 40.2 Å². The minimum Gasteiger partial charge on any atom is -1.00 e. The van der Waals surface area contributed by atoms with Gasteiger partial charge in [-0.05, 0) is 80.9 Å². The van der Waals surface area contributed by atoms with Crippen molar-refractivity contribution < 1.29 is 55.3 Å². The summed E-state index contributed by atoms with van der Waals surface area (Å²) in [7, 11) is 0. The monoisotopic (exact) mass is 585 g/mol. The second-order valence-electron chi connectivity index (χ2n) is 10.2. The standard InChI is InChI=1S/C26H28ClN3O5S2.Na.H/c1-26(2,37-15-7-5-14(27)6-8-15)25(35)29-19-22(32)30-20(24(33)34)18(12-36-23(19)30)17(11-13-3-4-13)16-9-10-28-21(16)31;;/h5-8,13,19,23H,3-4,9-12H2,1-2H3,(H,28,31)(H,29,35)(H,33,34);;/q;+1;-1/t19-,23-;;/m1../s1.